The zero-order valence-electron chi connectivity index (χ0n) is 9.99. The molecule has 0 amide bonds. The summed E-state index contributed by atoms with van der Waals surface area (Å²) in [6.07, 6.45) is 2.23. The van der Waals surface area contributed by atoms with Crippen LogP contribution >= 0.6 is 0 Å². The third kappa shape index (κ3) is 2.94. The first kappa shape index (κ1) is 12.9. The van der Waals surface area contributed by atoms with Gasteiger partial charge in [-0.15, -0.1) is 13.2 Å². The predicted octanol–water partition coefficient (Wildman–Crippen LogP) is 3.11. The minimum Gasteiger partial charge on any atom is -0.405 e. The molecule has 0 atom stereocenters. The van der Waals surface area contributed by atoms with Gasteiger partial charge in [-0.1, -0.05) is 55.1 Å². The van der Waals surface area contributed by atoms with Crippen LogP contribution in [0.3, 0.4) is 0 Å². The Morgan fingerprint density at radius 2 is 1.81 bits per heavy atom. The van der Waals surface area contributed by atoms with Crippen LogP contribution < -0.4 is 5.19 Å². The van der Waals surface area contributed by atoms with Crippen molar-refractivity contribution >= 4 is 13.5 Å². The molecule has 0 spiro atoms. The van der Waals surface area contributed by atoms with Gasteiger partial charge in [0.1, 0.15) is 0 Å². The molecule has 16 heavy (non-hydrogen) atoms. The Labute approximate surface area is 99.6 Å². The summed E-state index contributed by atoms with van der Waals surface area (Å²) >= 11 is 0. The molecule has 0 radical (unpaired) electrons. The van der Waals surface area contributed by atoms with E-state index in [1.807, 2.05) is 29.6 Å². The van der Waals surface area contributed by atoms with Gasteiger partial charge in [0.25, 0.3) is 8.32 Å². The third-order valence-electron chi connectivity index (χ3n) is 2.67. The fourth-order valence-electron chi connectivity index (χ4n) is 1.60. The highest BCUT2D eigenvalue weighted by atomic mass is 28.4. The Morgan fingerprint density at radius 3 is 2.31 bits per heavy atom. The maximum absolute atomic E-state index is 6.06. The van der Waals surface area contributed by atoms with Crippen LogP contribution in [-0.4, -0.2) is 14.9 Å². The second-order valence-electron chi connectivity index (χ2n) is 3.77. The van der Waals surface area contributed by atoms with Crippen LogP contribution in [0.5, 0.6) is 0 Å². The predicted molar refractivity (Wildman–Crippen MR) is 73.1 cm³/mol. The lowest BCUT2D eigenvalue weighted by molar-refractivity contribution is 0.313. The lowest BCUT2D eigenvalue weighted by Crippen LogP contribution is -2.47. The average Bonchev–Trinajstić information content (AvgIpc) is 2.36. The second-order valence-corrected chi connectivity index (χ2v) is 7.04. The standard InChI is InChI=1S/C14H20OSi/c1-4-7-13-15-16(5-2,6-3)14-11-9-8-10-12-14/h5-6,8-12H,2-4,7,13H2,1H3. The van der Waals surface area contributed by atoms with Crippen LogP contribution in [0.2, 0.25) is 0 Å². The topological polar surface area (TPSA) is 9.23 Å². The second kappa shape index (κ2) is 6.46. The van der Waals surface area contributed by atoms with Gasteiger partial charge in [-0.25, -0.2) is 0 Å². The first-order valence-corrected chi connectivity index (χ1v) is 7.82. The lowest BCUT2D eigenvalue weighted by Gasteiger charge is -2.24. The Balaban J connectivity index is 2.88. The molecule has 1 aromatic rings. The minimum atomic E-state index is -2.13. The van der Waals surface area contributed by atoms with Crippen molar-refractivity contribution in [1.29, 1.82) is 0 Å². The van der Waals surface area contributed by atoms with Gasteiger partial charge < -0.3 is 4.43 Å². The maximum atomic E-state index is 6.06. The molecule has 0 saturated carbocycles. The highest BCUT2D eigenvalue weighted by Crippen LogP contribution is 2.10. The number of hydrogen-bond donors (Lipinski definition) is 0. The quantitative estimate of drug-likeness (QED) is 0.518. The van der Waals surface area contributed by atoms with Crippen LogP contribution in [0.4, 0.5) is 0 Å². The maximum Gasteiger partial charge on any atom is 0.272 e. The van der Waals surface area contributed by atoms with Crippen LogP contribution in [0.25, 0.3) is 0 Å². The van der Waals surface area contributed by atoms with E-state index in [-0.39, 0.29) is 0 Å². The number of rotatable bonds is 7. The Kier molecular flexibility index (Phi) is 5.22. The van der Waals surface area contributed by atoms with Crippen LogP contribution in [0, 0.1) is 0 Å². The van der Waals surface area contributed by atoms with Gasteiger partial charge in [-0.3, -0.25) is 0 Å². The highest BCUT2D eigenvalue weighted by Gasteiger charge is 2.29. The van der Waals surface area contributed by atoms with Gasteiger partial charge in [0.15, 0.2) is 0 Å². The molecule has 0 aliphatic rings. The number of unbranched alkanes of at least 4 members (excludes halogenated alkanes) is 1. The van der Waals surface area contributed by atoms with Crippen molar-refractivity contribution in [3.8, 4) is 0 Å². The Hall–Kier alpha value is -1.12. The molecule has 0 aliphatic carbocycles. The van der Waals surface area contributed by atoms with Gasteiger partial charge in [0, 0.05) is 6.61 Å². The van der Waals surface area contributed by atoms with E-state index in [4.69, 9.17) is 4.43 Å². The molecule has 0 aliphatic heterocycles. The smallest absolute Gasteiger partial charge is 0.272 e. The largest absolute Gasteiger partial charge is 0.405 e. The monoisotopic (exact) mass is 232 g/mol. The van der Waals surface area contributed by atoms with E-state index in [1.165, 1.54) is 5.19 Å². The number of hydrogen-bond acceptors (Lipinski definition) is 1. The fourth-order valence-corrected chi connectivity index (χ4v) is 3.84. The number of benzene rings is 1. The molecular weight excluding hydrogens is 212 g/mol. The van der Waals surface area contributed by atoms with E-state index in [1.54, 1.807) is 0 Å². The van der Waals surface area contributed by atoms with Crippen LogP contribution in [0.15, 0.2) is 54.9 Å². The molecule has 1 nitrogen and oxygen atoms in total. The molecule has 0 aromatic heterocycles. The van der Waals surface area contributed by atoms with Crippen molar-refractivity contribution in [3.05, 3.63) is 54.9 Å². The van der Waals surface area contributed by atoms with E-state index in [2.05, 4.69) is 32.2 Å². The van der Waals surface area contributed by atoms with Gasteiger partial charge in [-0.05, 0) is 11.6 Å². The van der Waals surface area contributed by atoms with Crippen LogP contribution in [-0.2, 0) is 4.43 Å². The normalized spacial score (nSPS) is 11.1. The average molecular weight is 232 g/mol. The van der Waals surface area contributed by atoms with Gasteiger partial charge in [0.2, 0.25) is 0 Å². The Bertz CT molecular complexity index is 324. The highest BCUT2D eigenvalue weighted by molar-refractivity contribution is 6.94. The fraction of sp³-hybridized carbons (Fsp3) is 0.286. The molecule has 0 fully saturated rings. The van der Waals surface area contributed by atoms with E-state index in [0.717, 1.165) is 19.4 Å². The van der Waals surface area contributed by atoms with Crippen molar-refractivity contribution < 1.29 is 4.43 Å². The van der Waals surface area contributed by atoms with Crippen molar-refractivity contribution in [1.82, 2.24) is 0 Å². The third-order valence-corrected chi connectivity index (χ3v) is 5.80. The molecule has 0 unspecified atom stereocenters. The van der Waals surface area contributed by atoms with Gasteiger partial charge in [-0.2, -0.15) is 0 Å². The summed E-state index contributed by atoms with van der Waals surface area (Å²) in [5, 5.41) is 1.22. The summed E-state index contributed by atoms with van der Waals surface area (Å²) in [7, 11) is -2.13. The van der Waals surface area contributed by atoms with Gasteiger partial charge in [0.05, 0.1) is 0 Å². The van der Waals surface area contributed by atoms with Gasteiger partial charge >= 0.3 is 0 Å². The Morgan fingerprint density at radius 1 is 1.19 bits per heavy atom. The lowest BCUT2D eigenvalue weighted by atomic mass is 10.4. The molecule has 1 aromatic carbocycles. The van der Waals surface area contributed by atoms with Crippen molar-refractivity contribution in [2.75, 3.05) is 6.61 Å². The molecule has 0 bridgehead atoms. The molecule has 0 saturated heterocycles. The van der Waals surface area contributed by atoms with Crippen molar-refractivity contribution in [3.63, 3.8) is 0 Å². The summed E-state index contributed by atoms with van der Waals surface area (Å²) < 4.78 is 6.06. The molecule has 2 heteroatoms. The van der Waals surface area contributed by atoms with Crippen LogP contribution in [0.1, 0.15) is 19.8 Å². The minimum absolute atomic E-state index is 0.787. The molecular formula is C14H20OSi. The van der Waals surface area contributed by atoms with E-state index >= 15 is 0 Å². The van der Waals surface area contributed by atoms with E-state index in [0.29, 0.717) is 0 Å². The first-order chi connectivity index (χ1) is 7.79. The summed E-state index contributed by atoms with van der Waals surface area (Å²) in [6.45, 7) is 10.8. The SMILES string of the molecule is C=C[Si](C=C)(OCCCC)c1ccccc1. The molecule has 1 rings (SSSR count). The summed E-state index contributed by atoms with van der Waals surface area (Å²) in [6, 6.07) is 10.3. The summed E-state index contributed by atoms with van der Waals surface area (Å²) in [5.74, 6) is 0. The zero-order valence-corrected chi connectivity index (χ0v) is 11.0. The summed E-state index contributed by atoms with van der Waals surface area (Å²) in [4.78, 5) is 0. The molecule has 0 N–H and O–H groups in total. The zero-order chi connectivity index (χ0) is 11.9. The van der Waals surface area contributed by atoms with E-state index in [9.17, 15) is 0 Å². The first-order valence-electron chi connectivity index (χ1n) is 5.75. The van der Waals surface area contributed by atoms with Crippen molar-refractivity contribution in [2.45, 2.75) is 19.8 Å². The molecule has 86 valence electrons. The van der Waals surface area contributed by atoms with E-state index < -0.39 is 8.32 Å². The van der Waals surface area contributed by atoms with Crippen molar-refractivity contribution in [2.24, 2.45) is 0 Å². The summed E-state index contributed by atoms with van der Waals surface area (Å²) in [5.41, 5.74) is 3.90. The molecule has 0 heterocycles.